The topological polar surface area (TPSA) is 214 Å². The number of hydrogen-bond acceptors (Lipinski definition) is 21. The lowest BCUT2D eigenvalue weighted by Gasteiger charge is -2.27. The number of oxazole rings is 2. The van der Waals surface area contributed by atoms with Crippen LogP contribution in [0.3, 0.4) is 0 Å². The monoisotopic (exact) mass is 2210 g/mol. The second-order valence-corrected chi connectivity index (χ2v) is 40.7. The van der Waals surface area contributed by atoms with E-state index in [-0.39, 0.29) is 75.2 Å². The maximum atomic E-state index is 13.5. The minimum absolute atomic E-state index is 0. The number of benzene rings is 13. The quantitative estimate of drug-likeness (QED) is 0.0224. The molecule has 3 fully saturated rings. The molecule has 1 atom stereocenters. The molecule has 10 heterocycles. The molecule has 147 heavy (non-hydrogen) atoms. The van der Waals surface area contributed by atoms with Gasteiger partial charge in [-0.25, -0.2) is 14.9 Å². The molecule has 7 aliphatic heterocycles. The minimum Gasteiger partial charge on any atom is -1.00 e. The zero-order valence-corrected chi connectivity index (χ0v) is 90.1. The number of fused-ring (bicyclic) bond motifs is 7. The summed E-state index contributed by atoms with van der Waals surface area (Å²) in [6.45, 7) is 19.0. The maximum absolute atomic E-state index is 13.5. The number of rotatable bonds is 17. The number of nitrogens with zero attached hydrogens (tertiary/aromatic N) is 11. The largest absolute Gasteiger partial charge is 1.00 e. The Morgan fingerprint density at radius 2 is 1.03 bits per heavy atom. The van der Waals surface area contributed by atoms with Gasteiger partial charge in [0.05, 0.1) is 71.8 Å². The van der Waals surface area contributed by atoms with E-state index in [0.29, 0.717) is 50.3 Å². The number of anilines is 7. The summed E-state index contributed by atoms with van der Waals surface area (Å²) in [5.41, 5.74) is 17.2. The molecule has 0 radical (unpaired) electrons. The number of thioether (sulfide) groups is 3. The van der Waals surface area contributed by atoms with Gasteiger partial charge in [-0.05, 0) is 216 Å². The smallest absolute Gasteiger partial charge is 0.379 e. The molecular weight excluding hydrogens is 2110 g/mol. The normalized spacial score (nSPS) is 16.0. The number of amides is 4. The molecule has 23 rings (SSSR count). The third-order valence-electron chi connectivity index (χ3n) is 24.7. The molecule has 4 amide bonds. The van der Waals surface area contributed by atoms with E-state index in [0.717, 1.165) is 104 Å². The predicted molar refractivity (Wildman–Crippen MR) is 595 cm³/mol. The second kappa shape index (κ2) is 46.7. The van der Waals surface area contributed by atoms with Gasteiger partial charge >= 0.3 is 17.7 Å². The van der Waals surface area contributed by atoms with Gasteiger partial charge < -0.3 is 66.6 Å². The van der Waals surface area contributed by atoms with E-state index < -0.39 is 10.1 Å². The number of carbonyl (C=O) groups excluding carboxylic acids is 4. The highest BCUT2D eigenvalue weighted by atomic mass is 127. The Morgan fingerprint density at radius 3 is 1.63 bits per heavy atom. The van der Waals surface area contributed by atoms with Crippen molar-refractivity contribution in [1.29, 1.82) is 0 Å². The zero-order chi connectivity index (χ0) is 102. The molecule has 23 nitrogen and oxygen atoms in total. The van der Waals surface area contributed by atoms with Crippen molar-refractivity contribution in [3.63, 3.8) is 0 Å². The molecular formula is C115H101ClIN11O12S7+2. The van der Waals surface area contributed by atoms with Crippen LogP contribution in [0.15, 0.2) is 402 Å². The maximum Gasteiger partial charge on any atom is 0.379 e. The van der Waals surface area contributed by atoms with Gasteiger partial charge in [-0.2, -0.15) is 22.1 Å². The number of carbonyl (C=O) groups is 4. The number of allylic oxidation sites excluding steroid dienone is 2. The molecule has 3 aromatic heterocycles. The van der Waals surface area contributed by atoms with Crippen molar-refractivity contribution in [2.45, 2.75) is 82.5 Å². The van der Waals surface area contributed by atoms with Gasteiger partial charge in [-0.3, -0.25) is 28.6 Å². The first-order valence-corrected chi connectivity index (χ1v) is 53.3. The number of aryl methyl sites for hydroxylation is 4. The average molecular weight is 2220 g/mol. The van der Waals surface area contributed by atoms with E-state index in [1.807, 2.05) is 249 Å². The molecule has 0 aliphatic carbocycles. The van der Waals surface area contributed by atoms with Crippen molar-refractivity contribution in [2.24, 2.45) is 7.05 Å². The number of hydrazine groups is 1. The van der Waals surface area contributed by atoms with Crippen molar-refractivity contribution < 1.29 is 92.9 Å². The first kappa shape index (κ1) is 104. The van der Waals surface area contributed by atoms with Gasteiger partial charge in [0.25, 0.3) is 49.1 Å². The fraction of sp³-hybridized carbons (Fsp3) is 0.139. The van der Waals surface area contributed by atoms with Crippen molar-refractivity contribution >= 4 is 216 Å². The van der Waals surface area contributed by atoms with E-state index in [1.54, 1.807) is 34.9 Å². The van der Waals surface area contributed by atoms with Crippen LogP contribution < -0.4 is 81.7 Å². The van der Waals surface area contributed by atoms with Crippen LogP contribution in [0.2, 0.25) is 5.02 Å². The van der Waals surface area contributed by atoms with Crippen LogP contribution in [0.4, 0.5) is 39.8 Å². The molecule has 1 N–H and O–H groups in total. The molecule has 0 saturated carbocycles. The molecule has 32 heteroatoms. The molecule has 13 aromatic carbocycles. The number of ether oxygens (including phenoxy) is 3. The first-order valence-electron chi connectivity index (χ1n) is 47.4. The van der Waals surface area contributed by atoms with E-state index in [9.17, 15) is 27.6 Å². The van der Waals surface area contributed by atoms with E-state index in [1.165, 1.54) is 104 Å². The van der Waals surface area contributed by atoms with Gasteiger partial charge in [-0.1, -0.05) is 270 Å². The lowest BCUT2D eigenvalue weighted by molar-refractivity contribution is -0.674. The number of hydrogen-bond donors (Lipinski definition) is 1. The Labute approximate surface area is 902 Å². The lowest BCUT2D eigenvalue weighted by Crippen LogP contribution is -3.00. The molecule has 0 spiro atoms. The average Bonchev–Trinajstić information content (AvgIpc) is 1.58. The van der Waals surface area contributed by atoms with Crippen LogP contribution in [0.25, 0.3) is 72.9 Å². The van der Waals surface area contributed by atoms with Crippen molar-refractivity contribution in [3.05, 3.63) is 405 Å². The van der Waals surface area contributed by atoms with Crippen LogP contribution in [0.5, 0.6) is 11.5 Å². The number of para-hydroxylation sites is 9. The Morgan fingerprint density at radius 1 is 0.476 bits per heavy atom. The second-order valence-electron chi connectivity index (χ2n) is 33.6. The van der Waals surface area contributed by atoms with E-state index >= 15 is 0 Å². The molecule has 0 bridgehead atoms. The van der Waals surface area contributed by atoms with Gasteiger partial charge in [0, 0.05) is 66.2 Å². The number of aromatic nitrogens is 3. The van der Waals surface area contributed by atoms with Crippen LogP contribution in [-0.4, -0.2) is 90.4 Å². The third-order valence-corrected chi connectivity index (χ3v) is 30.9. The summed E-state index contributed by atoms with van der Waals surface area (Å²) in [7, 11) is -0.000831. The molecule has 3 saturated heterocycles. The highest BCUT2D eigenvalue weighted by molar-refractivity contribution is 8.26. The number of thiazole rings is 1. The van der Waals surface area contributed by atoms with E-state index in [2.05, 4.69) is 192 Å². The Balaban J connectivity index is 0.000000123. The minimum atomic E-state index is -4.02. The molecule has 16 aromatic rings. The fourth-order valence-electron chi connectivity index (χ4n) is 17.5. The summed E-state index contributed by atoms with van der Waals surface area (Å²) >= 11 is 23.0. The van der Waals surface area contributed by atoms with Gasteiger partial charge in [0.1, 0.15) is 46.6 Å². The summed E-state index contributed by atoms with van der Waals surface area (Å²) in [6, 6.07) is 106. The number of halogens is 2. The van der Waals surface area contributed by atoms with Gasteiger partial charge in [0.15, 0.2) is 12.0 Å². The summed E-state index contributed by atoms with van der Waals surface area (Å²) < 4.78 is 67.9. The molecule has 1 unspecified atom stereocenters. The highest BCUT2D eigenvalue weighted by Gasteiger charge is 2.48. The fourth-order valence-corrected chi connectivity index (χ4v) is 23.3. The number of likely N-dealkylation sites (N-methyl/N-ethyl adjacent to an activating group) is 2. The SMILES string of the molecule is CCN1C(=Cc2oc3ccc(-c4ccccc4)cc3[n+]2CC)Oc2ccc(-c3ccccc3)cc21.CCN1C(=Cc2sc3ccccc3[n+]2C)Sc2cc(Cl)ccc21.CCN1C(=O)C(=CC=CC2Oc3ccccc3N2CC)SC1=S.CC[n+]1c(C=C2OC(=S)N(c3ccccc3)C2=O)oc2ccccc21.CN1C(=C2C(=O)N(c3ccccc3)N(c3ccccc3)C2=O)Sc2ccccc21.Cc1ccc(S(=O)(=O)O)cc1.[I-]. The molecule has 7 aliphatic rings. The van der Waals surface area contributed by atoms with Gasteiger partial charge in [-0.15, -0.1) is 0 Å². The Kier molecular flexibility index (Phi) is 33.1. The van der Waals surface area contributed by atoms with Crippen LogP contribution in [0, 0.1) is 6.92 Å². The van der Waals surface area contributed by atoms with Crippen molar-refractivity contribution in [2.75, 3.05) is 67.7 Å². The van der Waals surface area contributed by atoms with E-state index in [4.69, 9.17) is 63.6 Å². The molecule has 742 valence electrons. The number of thiocarbonyl (C=S) groups is 2. The summed E-state index contributed by atoms with van der Waals surface area (Å²) in [5, 5.41) is 6.98. The Bertz CT molecular complexity index is 7950. The summed E-state index contributed by atoms with van der Waals surface area (Å²) in [5.74, 6) is 3.02. The first-order chi connectivity index (χ1) is 70.9. The predicted octanol–water partition coefficient (Wildman–Crippen LogP) is 22.3. The highest BCUT2D eigenvalue weighted by Crippen LogP contribution is 2.51. The third kappa shape index (κ3) is 22.4. The van der Waals surface area contributed by atoms with Crippen molar-refractivity contribution in [3.8, 4) is 33.8 Å². The summed E-state index contributed by atoms with van der Waals surface area (Å²) in [4.78, 5) is 66.5. The standard InChI is InChI=1S/C31H27N2O2.C23H17N3O2S.C19H15N2O3S.C18H16ClN2S2.C17H18N2O2S2.C7H8O3S.HI/c1-3-32-26-19-24(22-11-7-5-8-12-22)15-17-28(26)34-30(32)21-31-33(4-2)27-20-25(16-18-29(27)35-31)23-13-9-6-10-14-23;1-24-18-14-8-9-15-19(18)29-23(24)20-21(27)25(16-10-4-2-5-11-16)26(22(20)28)17-12-6-3-7-13-17;1-2-20-14-10-6-7-11-15(14)23-17(20)12-16-18(22)21(19(25)24-16)13-8-4-3-5-9-13;1-3-21-14-9-8-12(19)10-16(14)23-18(21)11-17-20(2)13-6-4-5-7-15(13)22-17;1-3-18-12-8-5-6-9-13(12)21-15(18)11-7-10-14-16(20)19(4-2)17(22)23-14;1-6-2-4-7(5-3-6)11(8,9)10;/h5-21H,3-4H2,1-2H3;2-15H,1H3;3-12H,2H2,1H3;4-11H,3H2,1-2H3;5-11,15H,3-4H2,1-2H3;2-5H,1H3,(H,8,9,10);1H/q+1;;2*+1;;;/p-1. The van der Waals surface area contributed by atoms with Crippen LogP contribution in [-0.2, 0) is 54.2 Å². The van der Waals surface area contributed by atoms with Crippen LogP contribution >= 0.6 is 82.7 Å². The Hall–Kier alpha value is -14.2. The van der Waals surface area contributed by atoms with Gasteiger partial charge in [0.2, 0.25) is 28.3 Å². The lowest BCUT2D eigenvalue weighted by atomic mass is 10.0. The summed E-state index contributed by atoms with van der Waals surface area (Å²) in [6.07, 6.45) is 11.4. The zero-order valence-electron chi connectivity index (χ0n) is 81.4. The van der Waals surface area contributed by atoms with Crippen LogP contribution in [0.1, 0.15) is 63.9 Å². The van der Waals surface area contributed by atoms with Crippen molar-refractivity contribution in [1.82, 2.24) is 4.90 Å².